The quantitative estimate of drug-likeness (QED) is 0.155. The van der Waals surface area contributed by atoms with E-state index in [1.807, 2.05) is 0 Å². The second-order valence-corrected chi connectivity index (χ2v) is 18.6. The second kappa shape index (κ2) is 15.6. The number of hydrogen-bond donors (Lipinski definition) is 0. The van der Waals surface area contributed by atoms with Crippen molar-refractivity contribution in [3.8, 4) is 55.6 Å². The van der Waals surface area contributed by atoms with Crippen molar-refractivity contribution in [2.75, 3.05) is 9.71 Å². The van der Waals surface area contributed by atoms with E-state index in [1.54, 1.807) is 0 Å². The Balaban J connectivity index is 1.14. The summed E-state index contributed by atoms with van der Waals surface area (Å²) in [5.74, 6) is 0. The molecule has 0 N–H and O–H groups in total. The minimum atomic E-state index is -0.208. The molecule has 1 aromatic heterocycles. The normalized spacial score (nSPS) is 12.6. The average molecular weight is 871 g/mol. The fourth-order valence-electron chi connectivity index (χ4n) is 11.3. The van der Waals surface area contributed by atoms with Crippen LogP contribution in [0.4, 0.5) is 28.4 Å². The number of anilines is 5. The van der Waals surface area contributed by atoms with Crippen molar-refractivity contribution in [3.05, 3.63) is 235 Å². The van der Waals surface area contributed by atoms with E-state index in [9.17, 15) is 0 Å². The fourth-order valence-corrected chi connectivity index (χ4v) is 11.3. The second-order valence-electron chi connectivity index (χ2n) is 18.6. The lowest BCUT2D eigenvalue weighted by Crippen LogP contribution is -2.61. The Labute approximate surface area is 398 Å². The SMILES string of the molecule is Cc1ccccc1-c1ccc(N2B3c4cc(-c5ccccc5C)ccc4N(c4ccc(-c5ccccc5C)cc4)c4cc5c(oc6ccccc65)c(c43)-c3cc(-c4ccccc4C)ccc32)cc1. The van der Waals surface area contributed by atoms with Gasteiger partial charge in [-0.3, -0.25) is 0 Å². The first-order valence-electron chi connectivity index (χ1n) is 23.7. The van der Waals surface area contributed by atoms with E-state index in [0.717, 1.165) is 61.5 Å². The smallest absolute Gasteiger partial charge is 0.333 e. The molecule has 322 valence electrons. The lowest BCUT2D eigenvalue weighted by atomic mass is 9.43. The van der Waals surface area contributed by atoms with Crippen molar-refractivity contribution in [2.24, 2.45) is 0 Å². The molecule has 3 heterocycles. The first kappa shape index (κ1) is 40.0. The van der Waals surface area contributed by atoms with Gasteiger partial charge >= 0.3 is 6.85 Å². The van der Waals surface area contributed by atoms with Crippen molar-refractivity contribution < 1.29 is 4.42 Å². The molecule has 0 spiro atoms. The van der Waals surface area contributed by atoms with E-state index in [4.69, 9.17) is 4.42 Å². The maximum absolute atomic E-state index is 7.14. The summed E-state index contributed by atoms with van der Waals surface area (Å²) >= 11 is 0. The first-order chi connectivity index (χ1) is 33.4. The van der Waals surface area contributed by atoms with Crippen LogP contribution in [0.2, 0.25) is 0 Å². The van der Waals surface area contributed by atoms with Gasteiger partial charge in [0, 0.05) is 50.3 Å². The number of hydrogen-bond acceptors (Lipinski definition) is 3. The van der Waals surface area contributed by atoms with E-state index >= 15 is 0 Å². The number of furan rings is 1. The predicted molar refractivity (Wildman–Crippen MR) is 288 cm³/mol. The largest absolute Gasteiger partial charge is 0.455 e. The van der Waals surface area contributed by atoms with Gasteiger partial charge in [-0.05, 0) is 160 Å². The summed E-state index contributed by atoms with van der Waals surface area (Å²) < 4.78 is 7.14. The van der Waals surface area contributed by atoms with E-state index < -0.39 is 0 Å². The van der Waals surface area contributed by atoms with Crippen LogP contribution in [0.25, 0.3) is 77.6 Å². The maximum Gasteiger partial charge on any atom is 0.333 e. The van der Waals surface area contributed by atoms with E-state index in [1.165, 1.54) is 77.7 Å². The zero-order valence-corrected chi connectivity index (χ0v) is 38.6. The molecular formula is C64H47BN2O. The molecular weight excluding hydrogens is 824 g/mol. The zero-order chi connectivity index (χ0) is 45.6. The maximum atomic E-state index is 7.14. The molecule has 0 amide bonds. The van der Waals surface area contributed by atoms with Gasteiger partial charge in [-0.15, -0.1) is 0 Å². The molecule has 68 heavy (non-hydrogen) atoms. The molecule has 11 aromatic rings. The van der Waals surface area contributed by atoms with Gasteiger partial charge in [0.2, 0.25) is 0 Å². The van der Waals surface area contributed by atoms with Gasteiger partial charge in [0.1, 0.15) is 11.2 Å². The van der Waals surface area contributed by atoms with Crippen LogP contribution in [0.15, 0.2) is 217 Å². The number of benzene rings is 10. The summed E-state index contributed by atoms with van der Waals surface area (Å²) in [7, 11) is 0. The minimum Gasteiger partial charge on any atom is -0.455 e. The summed E-state index contributed by atoms with van der Waals surface area (Å²) in [5, 5.41) is 2.22. The van der Waals surface area contributed by atoms with E-state index in [-0.39, 0.29) is 6.85 Å². The summed E-state index contributed by atoms with van der Waals surface area (Å²) in [6.45, 7) is 8.60. The van der Waals surface area contributed by atoms with Crippen molar-refractivity contribution in [2.45, 2.75) is 27.7 Å². The van der Waals surface area contributed by atoms with Crippen LogP contribution in [0, 0.1) is 27.7 Å². The average Bonchev–Trinajstić information content (AvgIpc) is 3.75. The predicted octanol–water partition coefficient (Wildman–Crippen LogP) is 16.2. The number of aryl methyl sites for hydroxylation is 4. The summed E-state index contributed by atoms with van der Waals surface area (Å²) in [5.41, 5.74) is 27.0. The van der Waals surface area contributed by atoms with Crippen molar-refractivity contribution in [1.29, 1.82) is 0 Å². The number of fused-ring (bicyclic) bond motifs is 8. The Morgan fingerprint density at radius 3 is 1.41 bits per heavy atom. The van der Waals surface area contributed by atoms with Gasteiger partial charge in [0.15, 0.2) is 0 Å². The van der Waals surface area contributed by atoms with Crippen LogP contribution in [-0.2, 0) is 0 Å². The van der Waals surface area contributed by atoms with Crippen molar-refractivity contribution in [1.82, 2.24) is 0 Å². The van der Waals surface area contributed by atoms with Crippen molar-refractivity contribution >= 4 is 68.1 Å². The number of rotatable bonds is 6. The molecule has 0 saturated carbocycles. The monoisotopic (exact) mass is 870 g/mol. The molecule has 0 atom stereocenters. The molecule has 13 rings (SSSR count). The molecule has 0 bridgehead atoms. The van der Waals surface area contributed by atoms with Gasteiger partial charge in [-0.1, -0.05) is 158 Å². The van der Waals surface area contributed by atoms with Crippen LogP contribution in [-0.4, -0.2) is 6.85 Å². The fraction of sp³-hybridized carbons (Fsp3) is 0.0625. The molecule has 0 radical (unpaired) electrons. The third-order valence-electron chi connectivity index (χ3n) is 14.6. The van der Waals surface area contributed by atoms with Crippen molar-refractivity contribution in [3.63, 3.8) is 0 Å². The Morgan fingerprint density at radius 2 is 0.838 bits per heavy atom. The number of para-hydroxylation sites is 1. The van der Waals surface area contributed by atoms with Crippen LogP contribution in [0.5, 0.6) is 0 Å². The van der Waals surface area contributed by atoms with E-state index in [2.05, 4.69) is 250 Å². The summed E-state index contributed by atoms with van der Waals surface area (Å²) in [6, 6.07) is 78.4. The highest BCUT2D eigenvalue weighted by Crippen LogP contribution is 2.52. The highest BCUT2D eigenvalue weighted by molar-refractivity contribution is 6.94. The lowest BCUT2D eigenvalue weighted by molar-refractivity contribution is 0.670. The molecule has 10 aromatic carbocycles. The third kappa shape index (κ3) is 6.21. The van der Waals surface area contributed by atoms with E-state index in [0.29, 0.717) is 0 Å². The van der Waals surface area contributed by atoms with Crippen LogP contribution >= 0.6 is 0 Å². The Bertz CT molecular complexity index is 3810. The Morgan fingerprint density at radius 1 is 0.368 bits per heavy atom. The zero-order valence-electron chi connectivity index (χ0n) is 38.6. The molecule has 0 aliphatic carbocycles. The summed E-state index contributed by atoms with van der Waals surface area (Å²) in [4.78, 5) is 5.13. The highest BCUT2D eigenvalue weighted by Gasteiger charge is 2.47. The minimum absolute atomic E-state index is 0.208. The van der Waals surface area contributed by atoms with Crippen LogP contribution < -0.4 is 20.6 Å². The topological polar surface area (TPSA) is 19.6 Å². The molecule has 0 unspecified atom stereocenters. The molecule has 0 fully saturated rings. The van der Waals surface area contributed by atoms with Crippen LogP contribution in [0.3, 0.4) is 0 Å². The lowest BCUT2D eigenvalue weighted by Gasteiger charge is -2.46. The van der Waals surface area contributed by atoms with Gasteiger partial charge in [-0.2, -0.15) is 0 Å². The molecule has 0 saturated heterocycles. The van der Waals surface area contributed by atoms with Crippen LogP contribution in [0.1, 0.15) is 22.3 Å². The highest BCUT2D eigenvalue weighted by atomic mass is 16.3. The van der Waals surface area contributed by atoms with Gasteiger partial charge in [0.05, 0.1) is 0 Å². The molecule has 2 aliphatic rings. The van der Waals surface area contributed by atoms with Gasteiger partial charge in [-0.25, -0.2) is 0 Å². The van der Waals surface area contributed by atoms with Gasteiger partial charge in [0.25, 0.3) is 0 Å². The first-order valence-corrected chi connectivity index (χ1v) is 23.7. The molecule has 2 aliphatic heterocycles. The van der Waals surface area contributed by atoms with Gasteiger partial charge < -0.3 is 14.1 Å². The molecule has 4 heteroatoms. The Kier molecular flexibility index (Phi) is 9.20. The number of nitrogens with zero attached hydrogens (tertiary/aromatic N) is 2. The third-order valence-corrected chi connectivity index (χ3v) is 14.6. The summed E-state index contributed by atoms with van der Waals surface area (Å²) in [6.07, 6.45) is 0. The Hall–Kier alpha value is -8.34. The standard InChI is InChI=1S/C64H47BN2O/c1-40-15-5-9-19-50(40)44-25-31-48(32-26-44)66-59-36-30-47(53-22-12-8-18-43(53)4)38-57(59)65-63-60(66)39-55-54-23-13-14-24-61(54)68-64(55)62(63)56-37-46(52-21-11-7-17-42(52)3)29-35-58(56)67(65)49-33-27-45(28-34-49)51-20-10-6-16-41(51)2/h5-39H,1-4H3. The molecule has 3 nitrogen and oxygen atoms in total.